The zero-order chi connectivity index (χ0) is 18.8. The van der Waals surface area contributed by atoms with E-state index in [-0.39, 0.29) is 12.3 Å². The lowest BCUT2D eigenvalue weighted by Gasteiger charge is -2.11. The van der Waals surface area contributed by atoms with Crippen molar-refractivity contribution >= 4 is 45.8 Å². The Morgan fingerprint density at radius 3 is 2.58 bits per heavy atom. The number of nitrogens with zero attached hydrogens (tertiary/aromatic N) is 2. The first-order chi connectivity index (χ1) is 12.4. The van der Waals surface area contributed by atoms with Gasteiger partial charge in [-0.15, -0.1) is 0 Å². The lowest BCUT2D eigenvalue weighted by Crippen LogP contribution is -2.12. The molecule has 8 heteroatoms. The van der Waals surface area contributed by atoms with Gasteiger partial charge in [0.15, 0.2) is 0 Å². The molecule has 0 amide bonds. The fourth-order valence-electron chi connectivity index (χ4n) is 2.74. The molecule has 26 heavy (non-hydrogen) atoms. The molecule has 0 saturated carbocycles. The van der Waals surface area contributed by atoms with Crippen molar-refractivity contribution in [3.05, 3.63) is 73.9 Å². The van der Waals surface area contributed by atoms with E-state index in [0.29, 0.717) is 33.2 Å². The average molecular weight is 393 g/mol. The largest absolute Gasteiger partial charge is 0.461 e. The number of esters is 1. The number of non-ortho nitro benzene ring substituents is 1. The second-order valence-electron chi connectivity index (χ2n) is 5.58. The van der Waals surface area contributed by atoms with Crippen LogP contribution in [0.15, 0.2) is 42.5 Å². The number of aromatic nitrogens is 1. The Balaban J connectivity index is 2.13. The van der Waals surface area contributed by atoms with Crippen LogP contribution in [0.1, 0.15) is 23.0 Å². The third-order valence-corrected chi connectivity index (χ3v) is 4.64. The molecule has 1 aromatic heterocycles. The van der Waals surface area contributed by atoms with E-state index in [0.717, 1.165) is 5.56 Å². The average Bonchev–Trinajstić information content (AvgIpc) is 2.96. The monoisotopic (exact) mass is 392 g/mol. The Morgan fingerprint density at radius 1 is 1.15 bits per heavy atom. The molecule has 0 spiro atoms. The number of hydrogen-bond donors (Lipinski definition) is 0. The van der Waals surface area contributed by atoms with Gasteiger partial charge in [-0.05, 0) is 36.8 Å². The van der Waals surface area contributed by atoms with Crippen molar-refractivity contribution in [3.8, 4) is 0 Å². The van der Waals surface area contributed by atoms with E-state index in [1.165, 1.54) is 12.1 Å². The minimum absolute atomic E-state index is 0.0420. The molecule has 0 aliphatic carbocycles. The minimum atomic E-state index is -0.494. The van der Waals surface area contributed by atoms with E-state index >= 15 is 0 Å². The van der Waals surface area contributed by atoms with Gasteiger partial charge in [0.1, 0.15) is 5.69 Å². The summed E-state index contributed by atoms with van der Waals surface area (Å²) in [5, 5.41) is 12.4. The Hall–Kier alpha value is -2.57. The molecule has 3 rings (SSSR count). The predicted octanol–water partition coefficient (Wildman–Crippen LogP) is 5.08. The molecular formula is C18H14Cl2N2O4. The maximum atomic E-state index is 12.3. The van der Waals surface area contributed by atoms with Gasteiger partial charge in [0.2, 0.25) is 0 Å². The number of halogens is 2. The quantitative estimate of drug-likeness (QED) is 0.344. The highest BCUT2D eigenvalue weighted by Crippen LogP contribution is 2.28. The molecule has 0 saturated heterocycles. The molecule has 3 aromatic rings. The van der Waals surface area contributed by atoms with E-state index in [9.17, 15) is 14.9 Å². The van der Waals surface area contributed by atoms with Crippen molar-refractivity contribution in [1.29, 1.82) is 0 Å². The standard InChI is InChI=1S/C18H14Cl2N2O4/c1-2-26-18(23)17-9-12-8-13(22(24)25)4-6-16(12)21(17)10-11-3-5-14(19)15(20)7-11/h3-9H,2,10H2,1H3. The number of nitro groups is 1. The Kier molecular flexibility index (Phi) is 5.15. The third-order valence-electron chi connectivity index (χ3n) is 3.91. The second-order valence-corrected chi connectivity index (χ2v) is 6.40. The number of ether oxygens (including phenoxy) is 1. The molecule has 0 aliphatic heterocycles. The van der Waals surface area contributed by atoms with Gasteiger partial charge >= 0.3 is 5.97 Å². The maximum absolute atomic E-state index is 12.3. The number of rotatable bonds is 5. The fourth-order valence-corrected chi connectivity index (χ4v) is 3.06. The third kappa shape index (κ3) is 3.52. The van der Waals surface area contributed by atoms with E-state index in [1.54, 1.807) is 41.8 Å². The molecule has 0 unspecified atom stereocenters. The smallest absolute Gasteiger partial charge is 0.354 e. The number of nitro benzene ring substituents is 1. The predicted molar refractivity (Wildman–Crippen MR) is 100 cm³/mol. The van der Waals surface area contributed by atoms with E-state index < -0.39 is 10.9 Å². The molecule has 0 N–H and O–H groups in total. The highest BCUT2D eigenvalue weighted by atomic mass is 35.5. The zero-order valence-electron chi connectivity index (χ0n) is 13.7. The Bertz CT molecular complexity index is 1010. The summed E-state index contributed by atoms with van der Waals surface area (Å²) in [6.45, 7) is 2.29. The number of carbonyl (C=O) groups is 1. The van der Waals surface area contributed by atoms with Gasteiger partial charge in [0.25, 0.3) is 5.69 Å². The summed E-state index contributed by atoms with van der Waals surface area (Å²) in [7, 11) is 0. The van der Waals surface area contributed by atoms with Crippen LogP contribution < -0.4 is 0 Å². The summed E-state index contributed by atoms with van der Waals surface area (Å²) < 4.78 is 6.86. The van der Waals surface area contributed by atoms with Gasteiger partial charge in [0, 0.05) is 29.6 Å². The van der Waals surface area contributed by atoms with Crippen LogP contribution in [0.5, 0.6) is 0 Å². The molecule has 1 heterocycles. The summed E-state index contributed by atoms with van der Waals surface area (Å²) in [6.07, 6.45) is 0. The van der Waals surface area contributed by atoms with Crippen LogP contribution in [0, 0.1) is 10.1 Å². The minimum Gasteiger partial charge on any atom is -0.461 e. The first kappa shape index (κ1) is 18.2. The van der Waals surface area contributed by atoms with Gasteiger partial charge in [-0.25, -0.2) is 4.79 Å². The van der Waals surface area contributed by atoms with Gasteiger partial charge in [-0.1, -0.05) is 29.3 Å². The number of benzene rings is 2. The van der Waals surface area contributed by atoms with Crippen LogP contribution in [0.4, 0.5) is 5.69 Å². The van der Waals surface area contributed by atoms with E-state index in [1.807, 2.05) is 0 Å². The molecule has 0 fully saturated rings. The lowest BCUT2D eigenvalue weighted by molar-refractivity contribution is -0.384. The number of carbonyl (C=O) groups excluding carboxylic acids is 1. The Labute approximate surface area is 159 Å². The highest BCUT2D eigenvalue weighted by molar-refractivity contribution is 6.42. The van der Waals surface area contributed by atoms with E-state index in [4.69, 9.17) is 27.9 Å². The lowest BCUT2D eigenvalue weighted by atomic mass is 10.2. The summed E-state index contributed by atoms with van der Waals surface area (Å²) in [5.74, 6) is -0.494. The molecule has 6 nitrogen and oxygen atoms in total. The first-order valence-electron chi connectivity index (χ1n) is 7.79. The normalized spacial score (nSPS) is 10.9. The SMILES string of the molecule is CCOC(=O)c1cc2cc([N+](=O)[O-])ccc2n1Cc1ccc(Cl)c(Cl)c1. The van der Waals surface area contributed by atoms with Gasteiger partial charge in [-0.3, -0.25) is 10.1 Å². The molecule has 0 bridgehead atoms. The molecule has 2 aromatic carbocycles. The Morgan fingerprint density at radius 2 is 1.92 bits per heavy atom. The van der Waals surface area contributed by atoms with Crippen LogP contribution in [0.25, 0.3) is 10.9 Å². The maximum Gasteiger partial charge on any atom is 0.354 e. The zero-order valence-corrected chi connectivity index (χ0v) is 15.3. The van der Waals surface area contributed by atoms with Crippen LogP contribution >= 0.6 is 23.2 Å². The van der Waals surface area contributed by atoms with Crippen LogP contribution in [0.2, 0.25) is 10.0 Å². The molecule has 0 atom stereocenters. The fraction of sp³-hybridized carbons (Fsp3) is 0.167. The van der Waals surface area contributed by atoms with Gasteiger partial charge < -0.3 is 9.30 Å². The van der Waals surface area contributed by atoms with Crippen LogP contribution in [0.3, 0.4) is 0 Å². The summed E-state index contributed by atoms with van der Waals surface area (Å²) in [6, 6.07) is 11.3. The van der Waals surface area contributed by atoms with Crippen molar-refractivity contribution in [2.24, 2.45) is 0 Å². The summed E-state index contributed by atoms with van der Waals surface area (Å²) in [5.41, 5.74) is 1.79. The van der Waals surface area contributed by atoms with Crippen molar-refractivity contribution in [2.45, 2.75) is 13.5 Å². The van der Waals surface area contributed by atoms with Gasteiger partial charge in [-0.2, -0.15) is 0 Å². The molecule has 134 valence electrons. The van der Waals surface area contributed by atoms with Crippen LogP contribution in [-0.2, 0) is 11.3 Å². The van der Waals surface area contributed by atoms with Crippen LogP contribution in [-0.4, -0.2) is 22.1 Å². The topological polar surface area (TPSA) is 74.4 Å². The molecule has 0 radical (unpaired) electrons. The van der Waals surface area contributed by atoms with E-state index in [2.05, 4.69) is 0 Å². The van der Waals surface area contributed by atoms with Crippen molar-refractivity contribution in [3.63, 3.8) is 0 Å². The summed E-state index contributed by atoms with van der Waals surface area (Å²) >= 11 is 12.0. The highest BCUT2D eigenvalue weighted by Gasteiger charge is 2.19. The first-order valence-corrected chi connectivity index (χ1v) is 8.55. The summed E-state index contributed by atoms with van der Waals surface area (Å²) in [4.78, 5) is 22.9. The van der Waals surface area contributed by atoms with Crippen molar-refractivity contribution < 1.29 is 14.5 Å². The number of hydrogen-bond acceptors (Lipinski definition) is 4. The second kappa shape index (κ2) is 7.35. The van der Waals surface area contributed by atoms with Crippen molar-refractivity contribution in [1.82, 2.24) is 4.57 Å². The van der Waals surface area contributed by atoms with Gasteiger partial charge in [0.05, 0.1) is 21.6 Å². The van der Waals surface area contributed by atoms with Crippen molar-refractivity contribution in [2.75, 3.05) is 6.61 Å². The number of fused-ring (bicyclic) bond motifs is 1. The molecule has 0 aliphatic rings. The molecular weight excluding hydrogens is 379 g/mol.